The smallest absolute Gasteiger partial charge is 0.0500 e. The molecule has 0 amide bonds. The fourth-order valence-corrected chi connectivity index (χ4v) is 0. The summed E-state index contributed by atoms with van der Waals surface area (Å²) in [5.41, 5.74) is 0. The first-order valence-corrected chi connectivity index (χ1v) is 5.73. The Kier molecular flexibility index (Phi) is 1050. The van der Waals surface area contributed by atoms with Crippen LogP contribution in [0.3, 0.4) is 0 Å². The highest BCUT2D eigenvalue weighted by Crippen LogP contribution is 1.81. The predicted molar refractivity (Wildman–Crippen MR) is 86.1 cm³/mol. The van der Waals surface area contributed by atoms with Gasteiger partial charge in [0.1, 0.15) is 0 Å². The first kappa shape index (κ1) is 60.0. The molecule has 0 saturated carbocycles. The molecule has 0 spiro atoms. The van der Waals surface area contributed by atoms with E-state index in [1.165, 1.54) is 0 Å². The fraction of sp³-hybridized carbons (Fsp3) is 1.00. The third-order valence-electron chi connectivity index (χ3n) is 0. The summed E-state index contributed by atoms with van der Waals surface area (Å²) in [4.78, 5) is 0. The summed E-state index contributed by atoms with van der Waals surface area (Å²) in [5, 5.41) is 0. The molecule has 0 radical (unpaired) electrons. The second-order valence-corrected chi connectivity index (χ2v) is 1.73. The van der Waals surface area contributed by atoms with Gasteiger partial charge in [-0.05, 0) is 5.92 Å². The fourth-order valence-electron chi connectivity index (χ4n) is 0. The third kappa shape index (κ3) is 0. The highest BCUT2D eigenvalue weighted by atomic mass is 13.7. The van der Waals surface area contributed by atoms with Crippen molar-refractivity contribution in [3.8, 4) is 0 Å². The normalized spacial score (nSPS) is 4.00. The molecule has 0 bridgehead atoms. The van der Waals surface area contributed by atoms with Gasteiger partial charge in [0.2, 0.25) is 0 Å². The van der Waals surface area contributed by atoms with E-state index in [1.54, 1.807) is 0 Å². The molecule has 0 aliphatic carbocycles. The van der Waals surface area contributed by atoms with Crippen LogP contribution in [-0.4, -0.2) is 0 Å². The van der Waals surface area contributed by atoms with Gasteiger partial charge in [-0.3, -0.25) is 0 Å². The van der Waals surface area contributed by atoms with E-state index in [9.17, 15) is 0 Å². The van der Waals surface area contributed by atoms with Gasteiger partial charge in [-0.2, -0.15) is 0 Å². The van der Waals surface area contributed by atoms with Gasteiger partial charge in [0.05, 0.1) is 0 Å². The van der Waals surface area contributed by atoms with Crippen LogP contribution >= 0.6 is 0 Å². The van der Waals surface area contributed by atoms with Crippen LogP contribution in [0.2, 0.25) is 0 Å². The third-order valence-corrected chi connectivity index (χ3v) is 0. The van der Waals surface area contributed by atoms with Crippen molar-refractivity contribution in [2.24, 2.45) is 5.92 Å². The van der Waals surface area contributed by atoms with Crippen LogP contribution in [0.25, 0.3) is 0 Å². The first-order valence-electron chi connectivity index (χ1n) is 5.73. The second-order valence-electron chi connectivity index (χ2n) is 1.73. The van der Waals surface area contributed by atoms with Gasteiger partial charge in [-0.15, -0.1) is 0 Å². The summed E-state index contributed by atoms with van der Waals surface area (Å²) in [6.45, 7) is 22.5. The molecule has 0 unspecified atom stereocenters. The minimum absolute atomic E-state index is 0. The molecule has 0 atom stereocenters. The molecule has 0 aliphatic heterocycles. The number of hydrogen-bond donors (Lipinski definition) is 0. The standard InChI is InChI=1S/C4H10.4C2H6.3CH4/c1-4(2)3;4*1-2;;;/h4H,1-3H3;4*1-2H3;3*1H4. The van der Waals surface area contributed by atoms with Crippen molar-refractivity contribution in [3.05, 3.63) is 0 Å². The highest BCUT2D eigenvalue weighted by molar-refractivity contribution is 4.20. The quantitative estimate of drug-likeness (QED) is 0.397. The van der Waals surface area contributed by atoms with E-state index >= 15 is 0 Å². The van der Waals surface area contributed by atoms with E-state index < -0.39 is 0 Å². The van der Waals surface area contributed by atoms with Crippen LogP contribution < -0.4 is 0 Å². The summed E-state index contributed by atoms with van der Waals surface area (Å²) in [6, 6.07) is 0. The molecule has 106 valence electrons. The zero-order valence-corrected chi connectivity index (χ0v) is 11.6. The van der Waals surface area contributed by atoms with Gasteiger partial charge in [0.25, 0.3) is 0 Å². The van der Waals surface area contributed by atoms with Gasteiger partial charge in [0, 0.05) is 0 Å². The Morgan fingerprint density at radius 1 is 0.400 bits per heavy atom. The van der Waals surface area contributed by atoms with Crippen LogP contribution in [0.5, 0.6) is 0 Å². The molecule has 0 aromatic heterocycles. The maximum Gasteiger partial charge on any atom is -0.0500 e. The summed E-state index contributed by atoms with van der Waals surface area (Å²) in [5.74, 6) is 0.833. The SMILES string of the molecule is C.C.C.CC.CC.CC.CC.CC(C)C. The van der Waals surface area contributed by atoms with Gasteiger partial charge in [-0.1, -0.05) is 98.4 Å². The molecule has 0 rings (SSSR count). The van der Waals surface area contributed by atoms with E-state index in [0.717, 1.165) is 5.92 Å². The number of rotatable bonds is 0. The minimum Gasteiger partial charge on any atom is -0.0776 e. The van der Waals surface area contributed by atoms with E-state index in [1.807, 2.05) is 55.4 Å². The Hall–Kier alpha value is 0. The Labute approximate surface area is 105 Å². The van der Waals surface area contributed by atoms with Crippen molar-refractivity contribution in [2.75, 3.05) is 0 Å². The van der Waals surface area contributed by atoms with Crippen LogP contribution in [-0.2, 0) is 0 Å². The molecule has 0 aromatic carbocycles. The molecular weight excluding hydrogens is 180 g/mol. The van der Waals surface area contributed by atoms with E-state index in [4.69, 9.17) is 0 Å². The van der Waals surface area contributed by atoms with Crippen molar-refractivity contribution in [1.82, 2.24) is 0 Å². The molecule has 0 N–H and O–H groups in total. The Bertz CT molecular complexity index is 4.75. The molecular formula is C15H46. The molecule has 0 heterocycles. The molecule has 0 heteroatoms. The molecule has 0 saturated heterocycles. The zero-order valence-electron chi connectivity index (χ0n) is 11.6. The van der Waals surface area contributed by atoms with Gasteiger partial charge >= 0.3 is 0 Å². The molecule has 0 fully saturated rings. The van der Waals surface area contributed by atoms with Gasteiger partial charge in [0.15, 0.2) is 0 Å². The summed E-state index contributed by atoms with van der Waals surface area (Å²) >= 11 is 0. The van der Waals surface area contributed by atoms with E-state index in [-0.39, 0.29) is 22.3 Å². The average molecular weight is 227 g/mol. The lowest BCUT2D eigenvalue weighted by Gasteiger charge is -1.79. The average Bonchev–Trinajstić information content (AvgIpc) is 2.16. The van der Waals surface area contributed by atoms with Crippen molar-refractivity contribution in [2.45, 2.75) is 98.4 Å². The van der Waals surface area contributed by atoms with Crippen molar-refractivity contribution >= 4 is 0 Å². The Balaban J connectivity index is -0.00000000677. The molecule has 15 heavy (non-hydrogen) atoms. The maximum atomic E-state index is 2.17. The van der Waals surface area contributed by atoms with E-state index in [0.29, 0.717) is 0 Å². The van der Waals surface area contributed by atoms with Crippen LogP contribution in [0.4, 0.5) is 0 Å². The molecule has 0 aromatic rings. The Morgan fingerprint density at radius 3 is 0.400 bits per heavy atom. The predicted octanol–water partition coefficient (Wildman–Crippen LogP) is 7.68. The summed E-state index contributed by atoms with van der Waals surface area (Å²) in [7, 11) is 0. The minimum atomic E-state index is 0. The van der Waals surface area contributed by atoms with Gasteiger partial charge < -0.3 is 0 Å². The van der Waals surface area contributed by atoms with Crippen molar-refractivity contribution < 1.29 is 0 Å². The van der Waals surface area contributed by atoms with Crippen molar-refractivity contribution in [1.29, 1.82) is 0 Å². The molecule has 0 nitrogen and oxygen atoms in total. The van der Waals surface area contributed by atoms with Crippen LogP contribution in [0, 0.1) is 5.92 Å². The largest absolute Gasteiger partial charge is 0.0776 e. The molecule has 0 aliphatic rings. The monoisotopic (exact) mass is 226 g/mol. The van der Waals surface area contributed by atoms with Crippen molar-refractivity contribution in [3.63, 3.8) is 0 Å². The number of hydrogen-bond acceptors (Lipinski definition) is 0. The Morgan fingerprint density at radius 2 is 0.400 bits per heavy atom. The lowest BCUT2D eigenvalue weighted by molar-refractivity contribution is 0.737. The second kappa shape index (κ2) is 263. The summed E-state index contributed by atoms with van der Waals surface area (Å²) < 4.78 is 0. The maximum absolute atomic E-state index is 2.17. The highest BCUT2D eigenvalue weighted by Gasteiger charge is 1.68. The lowest BCUT2D eigenvalue weighted by Crippen LogP contribution is -1.66. The van der Waals surface area contributed by atoms with Gasteiger partial charge in [-0.25, -0.2) is 0 Å². The summed E-state index contributed by atoms with van der Waals surface area (Å²) in [6.07, 6.45) is 0. The topological polar surface area (TPSA) is 0 Å². The first-order chi connectivity index (χ1) is 5.73. The van der Waals surface area contributed by atoms with Crippen LogP contribution in [0.1, 0.15) is 98.4 Å². The lowest BCUT2D eigenvalue weighted by atomic mass is 10.3. The van der Waals surface area contributed by atoms with E-state index in [2.05, 4.69) is 20.8 Å². The van der Waals surface area contributed by atoms with Crippen LogP contribution in [0.15, 0.2) is 0 Å². The zero-order chi connectivity index (χ0) is 11.6.